The third-order valence-corrected chi connectivity index (χ3v) is 5.44. The normalized spacial score (nSPS) is 16.0. The minimum atomic E-state index is -0.215. The van der Waals surface area contributed by atoms with Crippen LogP contribution in [0.25, 0.3) is 6.08 Å². The first-order valence-corrected chi connectivity index (χ1v) is 9.46. The number of benzene rings is 1. The van der Waals surface area contributed by atoms with Gasteiger partial charge < -0.3 is 10.0 Å². The molecule has 1 aromatic carbocycles. The van der Waals surface area contributed by atoms with Crippen LogP contribution in [0.5, 0.6) is 0 Å². The second-order valence-corrected chi connectivity index (χ2v) is 7.38. The fourth-order valence-electron chi connectivity index (χ4n) is 2.37. The van der Waals surface area contributed by atoms with E-state index < -0.39 is 0 Å². The van der Waals surface area contributed by atoms with Crippen molar-refractivity contribution in [3.8, 4) is 0 Å². The van der Waals surface area contributed by atoms with Gasteiger partial charge in [0.05, 0.1) is 11.5 Å². The van der Waals surface area contributed by atoms with E-state index in [1.54, 1.807) is 17.0 Å². The first-order valence-electron chi connectivity index (χ1n) is 7.86. The molecule has 1 fully saturated rings. The number of aliphatic hydroxyl groups excluding tert-OH is 1. The van der Waals surface area contributed by atoms with Gasteiger partial charge in [-0.1, -0.05) is 53.8 Å². The van der Waals surface area contributed by atoms with Gasteiger partial charge >= 0.3 is 0 Å². The Morgan fingerprint density at radius 1 is 1.44 bits per heavy atom. The highest BCUT2D eigenvalue weighted by atomic mass is 35.5. The van der Waals surface area contributed by atoms with E-state index in [0.29, 0.717) is 27.3 Å². The molecule has 25 heavy (non-hydrogen) atoms. The van der Waals surface area contributed by atoms with E-state index in [2.05, 4.69) is 0 Å². The van der Waals surface area contributed by atoms with Crippen LogP contribution in [0.15, 0.2) is 29.2 Å². The van der Waals surface area contributed by atoms with Crippen LogP contribution in [-0.4, -0.2) is 57.3 Å². The molecule has 0 saturated carbocycles. The second-order valence-electron chi connectivity index (χ2n) is 5.30. The molecule has 0 radical (unpaired) electrons. The van der Waals surface area contributed by atoms with Crippen molar-refractivity contribution >= 4 is 57.8 Å². The van der Waals surface area contributed by atoms with Crippen molar-refractivity contribution in [1.29, 1.82) is 0 Å². The van der Waals surface area contributed by atoms with Gasteiger partial charge in [0.15, 0.2) is 0 Å². The average Bonchev–Trinajstić information content (AvgIpc) is 2.86. The van der Waals surface area contributed by atoms with Gasteiger partial charge in [0.25, 0.3) is 5.91 Å². The Balaban J connectivity index is 2.04. The topological polar surface area (TPSA) is 60.9 Å². The number of hydrogen-bond donors (Lipinski definition) is 1. The summed E-state index contributed by atoms with van der Waals surface area (Å²) in [6.45, 7) is 2.80. The van der Waals surface area contributed by atoms with Gasteiger partial charge in [-0.3, -0.25) is 14.5 Å². The maximum atomic E-state index is 12.6. The van der Waals surface area contributed by atoms with Gasteiger partial charge in [-0.15, -0.1) is 0 Å². The lowest BCUT2D eigenvalue weighted by Crippen LogP contribution is -2.37. The molecule has 0 atom stereocenters. The molecule has 1 aromatic rings. The number of likely N-dealkylation sites (N-methyl/N-ethyl adjacent to an activating group) is 1. The summed E-state index contributed by atoms with van der Waals surface area (Å²) < 4.78 is 0.432. The van der Waals surface area contributed by atoms with Crippen molar-refractivity contribution in [1.82, 2.24) is 9.80 Å². The Morgan fingerprint density at radius 2 is 2.16 bits per heavy atom. The molecule has 2 rings (SSSR count). The highest BCUT2D eigenvalue weighted by Gasteiger charge is 2.32. The molecule has 2 amide bonds. The number of amides is 2. The zero-order chi connectivity index (χ0) is 18.4. The average molecular weight is 399 g/mol. The molecule has 1 heterocycles. The number of halogens is 1. The molecule has 1 aliphatic heterocycles. The van der Waals surface area contributed by atoms with E-state index in [9.17, 15) is 9.59 Å². The van der Waals surface area contributed by atoms with Gasteiger partial charge in [-0.25, -0.2) is 0 Å². The summed E-state index contributed by atoms with van der Waals surface area (Å²) in [6, 6.07) is 7.25. The van der Waals surface area contributed by atoms with Crippen LogP contribution in [0.3, 0.4) is 0 Å². The lowest BCUT2D eigenvalue weighted by molar-refractivity contribution is -0.132. The summed E-state index contributed by atoms with van der Waals surface area (Å²) in [5, 5.41) is 9.54. The number of carbonyl (C=O) groups excluding carboxylic acids is 2. The Morgan fingerprint density at radius 3 is 2.80 bits per heavy atom. The Kier molecular flexibility index (Phi) is 7.43. The maximum absolute atomic E-state index is 12.6. The van der Waals surface area contributed by atoms with E-state index in [1.165, 1.54) is 16.7 Å². The largest absolute Gasteiger partial charge is 0.395 e. The van der Waals surface area contributed by atoms with Gasteiger partial charge in [-0.2, -0.15) is 0 Å². The van der Waals surface area contributed by atoms with Crippen molar-refractivity contribution in [2.75, 3.05) is 26.2 Å². The maximum Gasteiger partial charge on any atom is 0.266 e. The number of rotatable bonds is 7. The van der Waals surface area contributed by atoms with Crippen molar-refractivity contribution in [3.05, 3.63) is 39.8 Å². The smallest absolute Gasteiger partial charge is 0.266 e. The van der Waals surface area contributed by atoms with E-state index in [0.717, 1.165) is 5.56 Å². The number of thioether (sulfide) groups is 1. The van der Waals surface area contributed by atoms with E-state index >= 15 is 0 Å². The van der Waals surface area contributed by atoms with Crippen LogP contribution in [0.1, 0.15) is 18.9 Å². The first-order chi connectivity index (χ1) is 12.0. The van der Waals surface area contributed by atoms with E-state index in [-0.39, 0.29) is 31.4 Å². The molecule has 134 valence electrons. The van der Waals surface area contributed by atoms with Crippen molar-refractivity contribution < 1.29 is 14.7 Å². The summed E-state index contributed by atoms with van der Waals surface area (Å²) in [5.74, 6) is -0.325. The highest BCUT2D eigenvalue weighted by Crippen LogP contribution is 2.33. The Hall–Kier alpha value is -1.41. The summed E-state index contributed by atoms with van der Waals surface area (Å²) in [4.78, 5) is 28.2. The first kappa shape index (κ1) is 19.9. The van der Waals surface area contributed by atoms with Crippen molar-refractivity contribution in [3.63, 3.8) is 0 Å². The Bertz CT molecular complexity index is 709. The predicted molar refractivity (Wildman–Crippen MR) is 105 cm³/mol. The lowest BCUT2D eigenvalue weighted by atomic mass is 10.2. The van der Waals surface area contributed by atoms with Crippen LogP contribution in [0.2, 0.25) is 5.02 Å². The van der Waals surface area contributed by atoms with Crippen LogP contribution in [0, 0.1) is 0 Å². The Labute approximate surface area is 161 Å². The van der Waals surface area contributed by atoms with E-state index in [1.807, 2.05) is 25.1 Å². The third kappa shape index (κ3) is 5.04. The molecule has 0 unspecified atom stereocenters. The minimum absolute atomic E-state index is 0.0821. The fraction of sp³-hybridized carbons (Fsp3) is 0.353. The molecule has 1 N–H and O–H groups in total. The summed E-state index contributed by atoms with van der Waals surface area (Å²) in [5.41, 5.74) is 0.751. The molecule has 0 aromatic heterocycles. The van der Waals surface area contributed by atoms with Crippen molar-refractivity contribution in [2.45, 2.75) is 13.3 Å². The fourth-order valence-corrected chi connectivity index (χ4v) is 3.86. The quantitative estimate of drug-likeness (QED) is 0.565. The molecule has 0 spiro atoms. The number of hydrogen-bond acceptors (Lipinski definition) is 5. The lowest BCUT2D eigenvalue weighted by Gasteiger charge is -2.21. The van der Waals surface area contributed by atoms with E-state index in [4.69, 9.17) is 28.9 Å². The minimum Gasteiger partial charge on any atom is -0.395 e. The molecule has 1 saturated heterocycles. The molecule has 0 aliphatic carbocycles. The van der Waals surface area contributed by atoms with Crippen LogP contribution < -0.4 is 0 Å². The van der Waals surface area contributed by atoms with Crippen molar-refractivity contribution in [2.24, 2.45) is 0 Å². The van der Waals surface area contributed by atoms with Crippen LogP contribution >= 0.6 is 35.6 Å². The predicted octanol–water partition coefficient (Wildman–Crippen LogP) is 2.77. The molecular weight excluding hydrogens is 380 g/mol. The summed E-state index contributed by atoms with van der Waals surface area (Å²) >= 11 is 12.6. The molecular formula is C17H19ClN2O3S2. The SMILES string of the molecule is CCN(CCO)C(=O)CCN1C(=O)/C(=C/c2ccccc2Cl)SC1=S. The summed E-state index contributed by atoms with van der Waals surface area (Å²) in [6.07, 6.45) is 1.88. The van der Waals surface area contributed by atoms with Crippen LogP contribution in [-0.2, 0) is 9.59 Å². The second kappa shape index (κ2) is 9.33. The molecule has 1 aliphatic rings. The van der Waals surface area contributed by atoms with Crippen LogP contribution in [0.4, 0.5) is 0 Å². The van der Waals surface area contributed by atoms with Gasteiger partial charge in [0.2, 0.25) is 5.91 Å². The monoisotopic (exact) mass is 398 g/mol. The highest BCUT2D eigenvalue weighted by molar-refractivity contribution is 8.26. The number of aliphatic hydroxyl groups is 1. The molecule has 0 bridgehead atoms. The van der Waals surface area contributed by atoms with Gasteiger partial charge in [0, 0.05) is 31.1 Å². The standard InChI is InChI=1S/C17H19ClN2O3S2/c1-2-19(9-10-21)15(22)7-8-20-16(23)14(25-17(20)24)11-12-5-3-4-6-13(12)18/h3-6,11,21H,2,7-10H2,1H3/b14-11-. The zero-order valence-corrected chi connectivity index (χ0v) is 16.2. The third-order valence-electron chi connectivity index (χ3n) is 3.72. The molecule has 5 nitrogen and oxygen atoms in total. The number of carbonyl (C=O) groups is 2. The molecule has 8 heteroatoms. The van der Waals surface area contributed by atoms with Gasteiger partial charge in [-0.05, 0) is 24.6 Å². The summed E-state index contributed by atoms with van der Waals surface area (Å²) in [7, 11) is 0. The van der Waals surface area contributed by atoms with Gasteiger partial charge in [0.1, 0.15) is 4.32 Å². The number of thiocarbonyl (C=S) groups is 1. The zero-order valence-electron chi connectivity index (χ0n) is 13.8. The number of nitrogens with zero attached hydrogens (tertiary/aromatic N) is 2.